The molecule has 2 unspecified atom stereocenters. The molecule has 0 radical (unpaired) electrons. The van der Waals surface area contributed by atoms with Gasteiger partial charge in [-0.05, 0) is 41.5 Å². The van der Waals surface area contributed by atoms with E-state index in [1.807, 2.05) is 11.0 Å². The predicted octanol–water partition coefficient (Wildman–Crippen LogP) is 5.08. The third kappa shape index (κ3) is 2.28. The van der Waals surface area contributed by atoms with Gasteiger partial charge in [-0.2, -0.15) is 0 Å². The summed E-state index contributed by atoms with van der Waals surface area (Å²) in [4.78, 5) is 0. The van der Waals surface area contributed by atoms with Crippen LogP contribution in [-0.2, 0) is 24.5 Å². The van der Waals surface area contributed by atoms with E-state index in [0.717, 1.165) is 0 Å². The van der Waals surface area contributed by atoms with Gasteiger partial charge >= 0.3 is 0 Å². The van der Waals surface area contributed by atoms with Crippen molar-refractivity contribution in [3.63, 3.8) is 0 Å². The summed E-state index contributed by atoms with van der Waals surface area (Å²) in [7, 11) is 0. The van der Waals surface area contributed by atoms with Gasteiger partial charge in [0.2, 0.25) is 0 Å². The Balaban J connectivity index is 2.76. The number of hydrogen-bond acceptors (Lipinski definition) is 3. The molecule has 5 heteroatoms. The molecule has 1 saturated heterocycles. The van der Waals surface area contributed by atoms with Crippen LogP contribution in [0.3, 0.4) is 0 Å². The zero-order valence-electron chi connectivity index (χ0n) is 9.83. The quantitative estimate of drug-likeness (QED) is 0.450. The van der Waals surface area contributed by atoms with Gasteiger partial charge in [0.05, 0.1) is 10.3 Å². The van der Waals surface area contributed by atoms with Crippen molar-refractivity contribution < 1.29 is 0 Å². The molecule has 0 amide bonds. The summed E-state index contributed by atoms with van der Waals surface area (Å²) in [6.45, 7) is 13.7. The predicted molar refractivity (Wildman–Crippen MR) is 80.5 cm³/mol. The first-order valence-corrected chi connectivity index (χ1v) is 12.8. The second-order valence-electron chi connectivity index (χ2n) is 5.91. The average molecular weight is 286 g/mol. The van der Waals surface area contributed by atoms with Crippen LogP contribution in [0.1, 0.15) is 41.5 Å². The van der Waals surface area contributed by atoms with Crippen LogP contribution in [0.15, 0.2) is 0 Å². The Morgan fingerprint density at radius 1 is 0.857 bits per heavy atom. The van der Waals surface area contributed by atoms with E-state index in [1.165, 1.54) is 5.90 Å². The third-order valence-electron chi connectivity index (χ3n) is 2.68. The lowest BCUT2D eigenvalue weighted by molar-refractivity contribution is 0.780. The fourth-order valence-corrected chi connectivity index (χ4v) is 33.1. The molecule has 1 aliphatic heterocycles. The molecule has 0 aromatic carbocycles. The van der Waals surface area contributed by atoms with Gasteiger partial charge in [0.25, 0.3) is 0 Å². The van der Waals surface area contributed by atoms with Gasteiger partial charge < -0.3 is 24.5 Å². The standard InChI is InChI=1S/C9H20P2S3/c1-8(2,3)10(12)7-11(13,14-10)9(4,5)6/h7H2,1-6H3. The van der Waals surface area contributed by atoms with Gasteiger partial charge in [0, 0.05) is 11.3 Å². The van der Waals surface area contributed by atoms with Crippen LogP contribution < -0.4 is 0 Å². The Labute approximate surface area is 104 Å². The second-order valence-corrected chi connectivity index (χ2v) is 23.4. The highest BCUT2D eigenvalue weighted by atomic mass is 33.4. The summed E-state index contributed by atoms with van der Waals surface area (Å²) in [6.07, 6.45) is 0. The highest BCUT2D eigenvalue weighted by Crippen LogP contribution is 3.07. The molecule has 0 spiro atoms. The van der Waals surface area contributed by atoms with Crippen LogP contribution in [0, 0.1) is 0 Å². The molecule has 0 bridgehead atoms. The highest BCUT2D eigenvalue weighted by Gasteiger charge is 2.65. The first-order valence-electron chi connectivity index (χ1n) is 4.81. The molecule has 1 rings (SSSR count). The minimum absolute atomic E-state index is 0.306. The Hall–Kier alpha value is 1.91. The van der Waals surface area contributed by atoms with E-state index in [-0.39, 0.29) is 0 Å². The number of hydrogen-bond donors (Lipinski definition) is 0. The fraction of sp³-hybridized carbons (Fsp3) is 1.00. The van der Waals surface area contributed by atoms with Crippen LogP contribution in [0.4, 0.5) is 0 Å². The van der Waals surface area contributed by atoms with Crippen LogP contribution in [0.25, 0.3) is 0 Å². The van der Waals surface area contributed by atoms with E-state index in [1.54, 1.807) is 0 Å². The van der Waals surface area contributed by atoms with Crippen molar-refractivity contribution in [2.24, 2.45) is 0 Å². The van der Waals surface area contributed by atoms with E-state index in [2.05, 4.69) is 41.5 Å². The normalized spacial score (nSPS) is 39.4. The van der Waals surface area contributed by atoms with Crippen molar-refractivity contribution in [3.05, 3.63) is 0 Å². The van der Waals surface area contributed by atoms with Crippen molar-refractivity contribution in [2.75, 3.05) is 5.90 Å². The molecule has 84 valence electrons. The Kier molecular flexibility index (Phi) is 3.70. The summed E-state index contributed by atoms with van der Waals surface area (Å²) >= 11 is 13.7. The van der Waals surface area contributed by atoms with E-state index in [9.17, 15) is 0 Å². The maximum absolute atomic E-state index is 5.82. The molecule has 0 aromatic rings. The monoisotopic (exact) mass is 286 g/mol. The smallest absolute Gasteiger partial charge is 0.149 e. The molecule has 0 aromatic heterocycles. The van der Waals surface area contributed by atoms with Gasteiger partial charge in [-0.3, -0.25) is 0 Å². The molecule has 1 heterocycles. The van der Waals surface area contributed by atoms with Gasteiger partial charge in [0.1, 0.15) is 16.9 Å². The van der Waals surface area contributed by atoms with Crippen LogP contribution in [0.2, 0.25) is 0 Å². The molecule has 0 N–H and O–H groups in total. The van der Waals surface area contributed by atoms with Gasteiger partial charge in [-0.1, -0.05) is 0 Å². The summed E-state index contributed by atoms with van der Waals surface area (Å²) < 4.78 is 0. The Morgan fingerprint density at radius 3 is 1.21 bits per heavy atom. The number of rotatable bonds is 0. The summed E-state index contributed by atoms with van der Waals surface area (Å²) in [5, 5.41) is 0.612. The van der Waals surface area contributed by atoms with Gasteiger partial charge in [0.15, 0.2) is 0 Å². The minimum atomic E-state index is -1.20. The third-order valence-corrected chi connectivity index (χ3v) is 30.9. The molecule has 1 aliphatic rings. The lowest BCUT2D eigenvalue weighted by atomic mass is 10.3. The average Bonchev–Trinajstić information content (AvgIpc) is 1.78. The first kappa shape index (κ1) is 14.0. The van der Waals surface area contributed by atoms with Crippen LogP contribution >= 0.6 is 22.3 Å². The maximum atomic E-state index is 5.82. The van der Waals surface area contributed by atoms with E-state index < -0.39 is 11.3 Å². The van der Waals surface area contributed by atoms with Crippen molar-refractivity contribution >= 4 is 46.8 Å². The molecule has 1 fully saturated rings. The van der Waals surface area contributed by atoms with Gasteiger partial charge in [-0.15, -0.1) is 0 Å². The molecule has 0 saturated carbocycles. The zero-order valence-corrected chi connectivity index (χ0v) is 14.1. The van der Waals surface area contributed by atoms with Crippen molar-refractivity contribution in [1.82, 2.24) is 0 Å². The van der Waals surface area contributed by atoms with E-state index in [4.69, 9.17) is 24.5 Å². The SMILES string of the molecule is CC(C)(C)[P+]1([S-])C[P+]([S-])(C(C)(C)C)S1. The van der Waals surface area contributed by atoms with Gasteiger partial charge in [-0.25, -0.2) is 0 Å². The molecular formula is C9H20P2S3. The molecular weight excluding hydrogens is 266 g/mol. The summed E-state index contributed by atoms with van der Waals surface area (Å²) in [5.41, 5.74) is -2.40. The minimum Gasteiger partial charge on any atom is -0.537 e. The van der Waals surface area contributed by atoms with Crippen molar-refractivity contribution in [1.29, 1.82) is 0 Å². The molecule has 2 atom stereocenters. The molecule has 0 nitrogen and oxygen atoms in total. The Bertz CT molecular complexity index is 209. The highest BCUT2D eigenvalue weighted by molar-refractivity contribution is 9.20. The van der Waals surface area contributed by atoms with Crippen molar-refractivity contribution in [2.45, 2.75) is 51.9 Å². The van der Waals surface area contributed by atoms with E-state index in [0.29, 0.717) is 10.3 Å². The lowest BCUT2D eigenvalue weighted by Gasteiger charge is -2.59. The summed E-state index contributed by atoms with van der Waals surface area (Å²) in [5.74, 6) is 1.20. The first-order chi connectivity index (χ1) is 5.91. The van der Waals surface area contributed by atoms with E-state index >= 15 is 0 Å². The largest absolute Gasteiger partial charge is 0.537 e. The van der Waals surface area contributed by atoms with Crippen LogP contribution in [-0.4, -0.2) is 16.2 Å². The van der Waals surface area contributed by atoms with Crippen LogP contribution in [0.5, 0.6) is 0 Å². The Morgan fingerprint density at radius 2 is 1.07 bits per heavy atom. The summed E-state index contributed by atoms with van der Waals surface area (Å²) in [6, 6.07) is 0. The molecule has 14 heavy (non-hydrogen) atoms. The fourth-order valence-electron chi connectivity index (χ4n) is 1.12. The zero-order chi connectivity index (χ0) is 11.4. The second kappa shape index (κ2) is 3.70. The molecule has 0 aliphatic carbocycles. The topological polar surface area (TPSA) is 0 Å². The lowest BCUT2D eigenvalue weighted by Crippen LogP contribution is -2.31. The maximum Gasteiger partial charge on any atom is 0.149 e. The van der Waals surface area contributed by atoms with Crippen molar-refractivity contribution in [3.8, 4) is 0 Å².